The second-order valence-electron chi connectivity index (χ2n) is 8.66. The van der Waals surface area contributed by atoms with E-state index in [1.807, 2.05) is 80.6 Å². The SMILES string of the molecule is Cc1cccc(NC(=O)c2ccc3nc(-c4ccc([N+](=O)[O-])cc4)cc(-c4ccccc4)c3c2)c1C. The van der Waals surface area contributed by atoms with Crippen LogP contribution in [0.25, 0.3) is 33.3 Å². The van der Waals surface area contributed by atoms with Gasteiger partial charge in [-0.1, -0.05) is 42.5 Å². The van der Waals surface area contributed by atoms with Gasteiger partial charge in [0.2, 0.25) is 0 Å². The Balaban J connectivity index is 1.60. The molecule has 4 aromatic carbocycles. The largest absolute Gasteiger partial charge is 0.322 e. The minimum absolute atomic E-state index is 0.0299. The lowest BCUT2D eigenvalue weighted by Crippen LogP contribution is -2.13. The van der Waals surface area contributed by atoms with Crippen molar-refractivity contribution in [3.8, 4) is 22.4 Å². The van der Waals surface area contributed by atoms with Crippen molar-refractivity contribution in [3.05, 3.63) is 124 Å². The summed E-state index contributed by atoms with van der Waals surface area (Å²) >= 11 is 0. The fourth-order valence-corrected chi connectivity index (χ4v) is 4.21. The molecule has 0 fully saturated rings. The third-order valence-electron chi connectivity index (χ3n) is 6.38. The average Bonchev–Trinajstić information content (AvgIpc) is 2.91. The minimum atomic E-state index is -0.419. The number of hydrogen-bond donors (Lipinski definition) is 1. The Morgan fingerprint density at radius 1 is 0.833 bits per heavy atom. The van der Waals surface area contributed by atoms with Gasteiger partial charge in [-0.15, -0.1) is 0 Å². The van der Waals surface area contributed by atoms with Crippen molar-refractivity contribution in [2.45, 2.75) is 13.8 Å². The summed E-state index contributed by atoms with van der Waals surface area (Å²) in [7, 11) is 0. The summed E-state index contributed by atoms with van der Waals surface area (Å²) in [5.41, 5.74) is 7.61. The van der Waals surface area contributed by atoms with E-state index in [0.717, 1.165) is 44.4 Å². The van der Waals surface area contributed by atoms with Gasteiger partial charge in [-0.25, -0.2) is 4.98 Å². The molecule has 6 nitrogen and oxygen atoms in total. The smallest absolute Gasteiger partial charge is 0.269 e. The summed E-state index contributed by atoms with van der Waals surface area (Å²) < 4.78 is 0. The number of non-ortho nitro benzene ring substituents is 1. The lowest BCUT2D eigenvalue weighted by Gasteiger charge is -2.13. The highest BCUT2D eigenvalue weighted by Gasteiger charge is 2.15. The number of rotatable bonds is 5. The van der Waals surface area contributed by atoms with Gasteiger partial charge >= 0.3 is 0 Å². The number of nitro benzene ring substituents is 1. The number of hydrogen-bond acceptors (Lipinski definition) is 4. The van der Waals surface area contributed by atoms with Crippen molar-refractivity contribution < 1.29 is 9.72 Å². The molecular weight excluding hydrogens is 450 g/mol. The second-order valence-corrected chi connectivity index (χ2v) is 8.66. The first-order valence-corrected chi connectivity index (χ1v) is 11.5. The van der Waals surface area contributed by atoms with E-state index < -0.39 is 4.92 Å². The molecule has 5 rings (SSSR count). The van der Waals surface area contributed by atoms with Crippen LogP contribution in [0.1, 0.15) is 21.5 Å². The quantitative estimate of drug-likeness (QED) is 0.214. The van der Waals surface area contributed by atoms with Crippen LogP contribution in [0.4, 0.5) is 11.4 Å². The first-order valence-electron chi connectivity index (χ1n) is 11.5. The normalized spacial score (nSPS) is 10.8. The monoisotopic (exact) mass is 473 g/mol. The van der Waals surface area contributed by atoms with Gasteiger partial charge in [-0.3, -0.25) is 14.9 Å². The molecule has 0 aliphatic rings. The number of aryl methyl sites for hydroxylation is 1. The Morgan fingerprint density at radius 2 is 1.58 bits per heavy atom. The van der Waals surface area contributed by atoms with Gasteiger partial charge < -0.3 is 5.32 Å². The van der Waals surface area contributed by atoms with Crippen LogP contribution in [0.15, 0.2) is 97.1 Å². The number of aromatic nitrogens is 1. The molecule has 0 atom stereocenters. The summed E-state index contributed by atoms with van der Waals surface area (Å²) in [6.45, 7) is 4.00. The van der Waals surface area contributed by atoms with E-state index in [2.05, 4.69) is 5.32 Å². The summed E-state index contributed by atoms with van der Waals surface area (Å²) in [5, 5.41) is 14.9. The molecule has 1 N–H and O–H groups in total. The van der Waals surface area contributed by atoms with E-state index in [0.29, 0.717) is 11.3 Å². The van der Waals surface area contributed by atoms with Crippen LogP contribution in [0.3, 0.4) is 0 Å². The number of nitrogens with zero attached hydrogens (tertiary/aromatic N) is 2. The first-order chi connectivity index (χ1) is 17.4. The Labute approximate surface area is 208 Å². The average molecular weight is 474 g/mol. The lowest BCUT2D eigenvalue weighted by molar-refractivity contribution is -0.384. The highest BCUT2D eigenvalue weighted by atomic mass is 16.6. The zero-order chi connectivity index (χ0) is 25.2. The Kier molecular flexibility index (Phi) is 6.00. The Hall–Kier alpha value is -4.84. The first kappa shape index (κ1) is 22.9. The fraction of sp³-hybridized carbons (Fsp3) is 0.0667. The van der Waals surface area contributed by atoms with Crippen LogP contribution in [-0.4, -0.2) is 15.8 Å². The van der Waals surface area contributed by atoms with Gasteiger partial charge in [0.05, 0.1) is 16.1 Å². The van der Waals surface area contributed by atoms with Gasteiger partial charge in [0.1, 0.15) is 0 Å². The highest BCUT2D eigenvalue weighted by Crippen LogP contribution is 2.33. The zero-order valence-electron chi connectivity index (χ0n) is 19.9. The van der Waals surface area contributed by atoms with E-state index in [-0.39, 0.29) is 11.6 Å². The Morgan fingerprint density at radius 3 is 2.31 bits per heavy atom. The topological polar surface area (TPSA) is 85.1 Å². The maximum absolute atomic E-state index is 13.2. The number of nitro groups is 1. The van der Waals surface area contributed by atoms with E-state index >= 15 is 0 Å². The number of pyridine rings is 1. The minimum Gasteiger partial charge on any atom is -0.322 e. The van der Waals surface area contributed by atoms with Crippen molar-refractivity contribution in [3.63, 3.8) is 0 Å². The van der Waals surface area contributed by atoms with Crippen molar-refractivity contribution in [2.24, 2.45) is 0 Å². The molecule has 0 bridgehead atoms. The molecule has 6 heteroatoms. The standard InChI is InChI=1S/C30H23N3O3/c1-19-7-6-10-27(20(19)2)32-30(34)23-13-16-28-26(17-23)25(21-8-4-3-5-9-21)18-29(31-28)22-11-14-24(15-12-22)33(35)36/h3-18H,1-2H3,(H,32,34). The van der Waals surface area contributed by atoms with E-state index in [9.17, 15) is 14.9 Å². The van der Waals surface area contributed by atoms with E-state index in [1.54, 1.807) is 18.2 Å². The third-order valence-corrected chi connectivity index (χ3v) is 6.38. The molecule has 0 aliphatic heterocycles. The number of amides is 1. The van der Waals surface area contributed by atoms with Crippen LogP contribution in [0.5, 0.6) is 0 Å². The van der Waals surface area contributed by atoms with Crippen LogP contribution in [0.2, 0.25) is 0 Å². The Bertz CT molecular complexity index is 1610. The molecule has 176 valence electrons. The van der Waals surface area contributed by atoms with Crippen molar-refractivity contribution in [2.75, 3.05) is 5.32 Å². The fourth-order valence-electron chi connectivity index (χ4n) is 4.21. The molecule has 0 saturated carbocycles. The summed E-state index contributed by atoms with van der Waals surface area (Å²) in [6, 6.07) is 29.5. The third kappa shape index (κ3) is 4.44. The summed E-state index contributed by atoms with van der Waals surface area (Å²) in [6.07, 6.45) is 0. The molecule has 1 heterocycles. The molecule has 0 unspecified atom stereocenters. The molecule has 36 heavy (non-hydrogen) atoms. The molecule has 0 aliphatic carbocycles. The molecule has 0 radical (unpaired) electrons. The van der Waals surface area contributed by atoms with Gasteiger partial charge in [0, 0.05) is 34.3 Å². The van der Waals surface area contributed by atoms with Crippen LogP contribution < -0.4 is 5.32 Å². The molecule has 0 spiro atoms. The van der Waals surface area contributed by atoms with Crippen molar-refractivity contribution in [1.29, 1.82) is 0 Å². The van der Waals surface area contributed by atoms with Gasteiger partial charge in [-0.05, 0) is 78.6 Å². The lowest BCUT2D eigenvalue weighted by atomic mass is 9.97. The second kappa shape index (κ2) is 9.43. The van der Waals surface area contributed by atoms with Crippen LogP contribution in [0, 0.1) is 24.0 Å². The van der Waals surface area contributed by atoms with E-state index in [4.69, 9.17) is 4.98 Å². The molecule has 1 aromatic heterocycles. The predicted octanol–water partition coefficient (Wildman–Crippen LogP) is 7.35. The number of anilines is 1. The van der Waals surface area contributed by atoms with Gasteiger partial charge in [-0.2, -0.15) is 0 Å². The number of carbonyl (C=O) groups excluding carboxylic acids is 1. The molecular formula is C30H23N3O3. The predicted molar refractivity (Wildman–Crippen MR) is 143 cm³/mol. The number of nitrogens with one attached hydrogen (secondary N) is 1. The van der Waals surface area contributed by atoms with E-state index in [1.165, 1.54) is 12.1 Å². The number of carbonyl (C=O) groups is 1. The molecule has 5 aromatic rings. The molecule has 1 amide bonds. The zero-order valence-corrected chi connectivity index (χ0v) is 19.9. The van der Waals surface area contributed by atoms with Crippen molar-refractivity contribution >= 4 is 28.2 Å². The molecule has 0 saturated heterocycles. The van der Waals surface area contributed by atoms with Gasteiger partial charge in [0.15, 0.2) is 0 Å². The maximum Gasteiger partial charge on any atom is 0.269 e. The highest BCUT2D eigenvalue weighted by molar-refractivity contribution is 6.08. The maximum atomic E-state index is 13.2. The van der Waals surface area contributed by atoms with Crippen LogP contribution in [-0.2, 0) is 0 Å². The van der Waals surface area contributed by atoms with Crippen molar-refractivity contribution in [1.82, 2.24) is 4.98 Å². The summed E-state index contributed by atoms with van der Waals surface area (Å²) in [4.78, 5) is 28.6. The summed E-state index contributed by atoms with van der Waals surface area (Å²) in [5.74, 6) is -0.191. The van der Waals surface area contributed by atoms with Crippen LogP contribution >= 0.6 is 0 Å². The van der Waals surface area contributed by atoms with Gasteiger partial charge in [0.25, 0.3) is 11.6 Å². The number of fused-ring (bicyclic) bond motifs is 1. The number of benzene rings is 4.